The third kappa shape index (κ3) is 1.64. The Morgan fingerprint density at radius 2 is 2.27 bits per heavy atom. The first-order chi connectivity index (χ1) is 7.11. The second kappa shape index (κ2) is 3.68. The van der Waals surface area contributed by atoms with Gasteiger partial charge in [0.1, 0.15) is 0 Å². The van der Waals surface area contributed by atoms with Crippen LogP contribution in [0.2, 0.25) is 5.02 Å². The van der Waals surface area contributed by atoms with Gasteiger partial charge in [0.15, 0.2) is 5.78 Å². The van der Waals surface area contributed by atoms with Crippen LogP contribution in [0.5, 0.6) is 0 Å². The Hall–Kier alpha value is -1.32. The molecule has 0 aliphatic carbocycles. The number of carbonyl (C=O) groups excluding carboxylic acids is 1. The Morgan fingerprint density at radius 3 is 2.93 bits per heavy atom. The summed E-state index contributed by atoms with van der Waals surface area (Å²) in [4.78, 5) is 14.8. The molecule has 0 radical (unpaired) electrons. The molecule has 0 spiro atoms. The molecule has 0 saturated carbocycles. The molecule has 0 amide bonds. The quantitative estimate of drug-likeness (QED) is 0.767. The maximum absolute atomic E-state index is 11.8. The first kappa shape index (κ1) is 10.2. The number of fused-ring (bicyclic) bond motifs is 1. The fourth-order valence-corrected chi connectivity index (χ4v) is 1.86. The Labute approximate surface area is 92.2 Å². The molecule has 4 heteroatoms. The van der Waals surface area contributed by atoms with Crippen molar-refractivity contribution in [1.29, 1.82) is 0 Å². The van der Waals surface area contributed by atoms with E-state index in [4.69, 9.17) is 17.3 Å². The van der Waals surface area contributed by atoms with Gasteiger partial charge in [0.25, 0.3) is 0 Å². The monoisotopic (exact) mass is 222 g/mol. The topological polar surface area (TPSA) is 58.9 Å². The molecule has 0 aliphatic rings. The summed E-state index contributed by atoms with van der Waals surface area (Å²) >= 11 is 6.04. The van der Waals surface area contributed by atoms with Gasteiger partial charge in [-0.25, -0.2) is 0 Å². The number of hydrogen-bond acceptors (Lipinski definition) is 2. The summed E-state index contributed by atoms with van der Waals surface area (Å²) in [5.41, 5.74) is 6.98. The van der Waals surface area contributed by atoms with Crippen LogP contribution in [-0.2, 0) is 0 Å². The molecular weight excluding hydrogens is 212 g/mol. The smallest absolute Gasteiger partial charge is 0.181 e. The van der Waals surface area contributed by atoms with Gasteiger partial charge < -0.3 is 10.7 Å². The van der Waals surface area contributed by atoms with E-state index in [9.17, 15) is 4.79 Å². The van der Waals surface area contributed by atoms with Crippen LogP contribution in [0, 0.1) is 0 Å². The zero-order valence-corrected chi connectivity index (χ0v) is 9.01. The van der Waals surface area contributed by atoms with E-state index in [1.807, 2.05) is 12.1 Å². The van der Waals surface area contributed by atoms with Crippen molar-refractivity contribution in [3.63, 3.8) is 0 Å². The van der Waals surface area contributed by atoms with E-state index in [1.165, 1.54) is 0 Å². The van der Waals surface area contributed by atoms with Crippen LogP contribution in [0.25, 0.3) is 10.9 Å². The fraction of sp³-hybridized carbons (Fsp3) is 0.182. The number of carbonyl (C=O) groups is 1. The second-order valence-corrected chi connectivity index (χ2v) is 3.92. The first-order valence-corrected chi connectivity index (χ1v) is 5.04. The fourth-order valence-electron chi connectivity index (χ4n) is 1.58. The third-order valence-electron chi connectivity index (χ3n) is 2.33. The number of rotatable bonds is 2. The van der Waals surface area contributed by atoms with Crippen molar-refractivity contribution in [3.05, 3.63) is 35.0 Å². The van der Waals surface area contributed by atoms with Crippen LogP contribution in [0.15, 0.2) is 24.4 Å². The number of halogens is 1. The predicted molar refractivity (Wildman–Crippen MR) is 61.3 cm³/mol. The van der Waals surface area contributed by atoms with Crippen LogP contribution < -0.4 is 5.73 Å². The van der Waals surface area contributed by atoms with E-state index >= 15 is 0 Å². The lowest BCUT2D eigenvalue weighted by Gasteiger charge is -2.03. The van der Waals surface area contributed by atoms with Crippen LogP contribution in [0.3, 0.4) is 0 Å². The zero-order valence-electron chi connectivity index (χ0n) is 8.25. The molecule has 1 atom stereocenters. The van der Waals surface area contributed by atoms with Crippen LogP contribution in [-0.4, -0.2) is 16.8 Å². The van der Waals surface area contributed by atoms with Gasteiger partial charge in [-0.15, -0.1) is 0 Å². The molecule has 0 fully saturated rings. The molecule has 0 saturated heterocycles. The Bertz CT molecular complexity index is 516. The minimum Gasteiger partial charge on any atom is -0.360 e. The molecule has 1 unspecified atom stereocenters. The molecule has 15 heavy (non-hydrogen) atoms. The second-order valence-electron chi connectivity index (χ2n) is 3.52. The van der Waals surface area contributed by atoms with Gasteiger partial charge in [0.05, 0.1) is 11.1 Å². The van der Waals surface area contributed by atoms with Crippen molar-refractivity contribution in [2.75, 3.05) is 0 Å². The highest BCUT2D eigenvalue weighted by molar-refractivity contribution is 6.37. The SMILES string of the molecule is CC(N)C(=O)c1c[nH]c2cccc(Cl)c12. The third-order valence-corrected chi connectivity index (χ3v) is 2.65. The molecule has 3 nitrogen and oxygen atoms in total. The normalized spacial score (nSPS) is 13.0. The van der Waals surface area contributed by atoms with Gasteiger partial charge in [0, 0.05) is 22.7 Å². The number of aromatic amines is 1. The number of benzene rings is 1. The molecule has 1 aromatic heterocycles. The van der Waals surface area contributed by atoms with E-state index in [-0.39, 0.29) is 5.78 Å². The Kier molecular flexibility index (Phi) is 2.50. The van der Waals surface area contributed by atoms with E-state index < -0.39 is 6.04 Å². The van der Waals surface area contributed by atoms with Crippen molar-refractivity contribution in [2.45, 2.75) is 13.0 Å². The lowest BCUT2D eigenvalue weighted by atomic mass is 10.1. The van der Waals surface area contributed by atoms with E-state index in [2.05, 4.69) is 4.98 Å². The van der Waals surface area contributed by atoms with Gasteiger partial charge in [-0.1, -0.05) is 17.7 Å². The van der Waals surface area contributed by atoms with Gasteiger partial charge in [-0.3, -0.25) is 4.79 Å². The number of hydrogen-bond donors (Lipinski definition) is 2. The minimum atomic E-state index is -0.514. The van der Waals surface area contributed by atoms with Crippen molar-refractivity contribution in [1.82, 2.24) is 4.98 Å². The Morgan fingerprint density at radius 1 is 1.53 bits per heavy atom. The molecule has 0 bridgehead atoms. The number of aromatic nitrogens is 1. The number of Topliss-reactive ketones (excluding diaryl/α,β-unsaturated/α-hetero) is 1. The van der Waals surface area contributed by atoms with Crippen molar-refractivity contribution in [3.8, 4) is 0 Å². The van der Waals surface area contributed by atoms with Crippen LogP contribution >= 0.6 is 11.6 Å². The average Bonchev–Trinajstić information content (AvgIpc) is 2.61. The summed E-state index contributed by atoms with van der Waals surface area (Å²) in [6, 6.07) is 4.95. The summed E-state index contributed by atoms with van der Waals surface area (Å²) in [5.74, 6) is -0.102. The molecule has 78 valence electrons. The van der Waals surface area contributed by atoms with Crippen LogP contribution in [0.1, 0.15) is 17.3 Å². The van der Waals surface area contributed by atoms with Gasteiger partial charge in [0.2, 0.25) is 0 Å². The van der Waals surface area contributed by atoms with Crippen molar-refractivity contribution < 1.29 is 4.79 Å². The molecule has 2 aromatic rings. The minimum absolute atomic E-state index is 0.102. The first-order valence-electron chi connectivity index (χ1n) is 4.66. The number of H-pyrrole nitrogens is 1. The predicted octanol–water partition coefficient (Wildman–Crippen LogP) is 2.35. The standard InChI is InChI=1S/C11H11ClN2O/c1-6(13)11(15)7-5-14-9-4-2-3-8(12)10(7)9/h2-6,14H,13H2,1H3. The summed E-state index contributed by atoms with van der Waals surface area (Å²) < 4.78 is 0. The number of ketones is 1. The summed E-state index contributed by atoms with van der Waals surface area (Å²) in [6.07, 6.45) is 1.66. The maximum atomic E-state index is 11.8. The highest BCUT2D eigenvalue weighted by Crippen LogP contribution is 2.27. The zero-order chi connectivity index (χ0) is 11.0. The molecular formula is C11H11ClN2O. The molecule has 2 rings (SSSR count). The maximum Gasteiger partial charge on any atom is 0.181 e. The lowest BCUT2D eigenvalue weighted by Crippen LogP contribution is -2.26. The molecule has 1 heterocycles. The molecule has 1 aromatic carbocycles. The van der Waals surface area contributed by atoms with Crippen molar-refractivity contribution >= 4 is 28.3 Å². The molecule has 0 aliphatic heterocycles. The van der Waals surface area contributed by atoms with E-state index in [0.717, 1.165) is 10.9 Å². The van der Waals surface area contributed by atoms with Crippen LogP contribution in [0.4, 0.5) is 0 Å². The molecule has 3 N–H and O–H groups in total. The Balaban J connectivity index is 2.67. The average molecular weight is 223 g/mol. The van der Waals surface area contributed by atoms with E-state index in [0.29, 0.717) is 10.6 Å². The van der Waals surface area contributed by atoms with Gasteiger partial charge >= 0.3 is 0 Å². The number of nitrogens with two attached hydrogens (primary N) is 1. The highest BCUT2D eigenvalue weighted by Gasteiger charge is 2.16. The highest BCUT2D eigenvalue weighted by atomic mass is 35.5. The summed E-state index contributed by atoms with van der Waals surface area (Å²) in [5, 5.41) is 1.32. The summed E-state index contributed by atoms with van der Waals surface area (Å²) in [6.45, 7) is 1.66. The number of nitrogens with one attached hydrogen (secondary N) is 1. The van der Waals surface area contributed by atoms with Gasteiger partial charge in [-0.05, 0) is 19.1 Å². The van der Waals surface area contributed by atoms with E-state index in [1.54, 1.807) is 19.2 Å². The van der Waals surface area contributed by atoms with Crippen molar-refractivity contribution in [2.24, 2.45) is 5.73 Å². The largest absolute Gasteiger partial charge is 0.360 e. The van der Waals surface area contributed by atoms with Gasteiger partial charge in [-0.2, -0.15) is 0 Å². The summed E-state index contributed by atoms with van der Waals surface area (Å²) in [7, 11) is 0. The lowest BCUT2D eigenvalue weighted by molar-refractivity contribution is 0.0969.